The van der Waals surface area contributed by atoms with Crippen molar-refractivity contribution in [2.24, 2.45) is 5.92 Å². The quantitative estimate of drug-likeness (QED) is 0.797. The number of benzene rings is 1. The number of sulfone groups is 1. The summed E-state index contributed by atoms with van der Waals surface area (Å²) in [5.41, 5.74) is 1.16. The number of aromatic nitrogens is 2. The molecule has 0 bridgehead atoms. The molecule has 1 aliphatic heterocycles. The number of likely N-dealkylation sites (tertiary alicyclic amines) is 1. The average molecular weight is 433 g/mol. The van der Waals surface area contributed by atoms with E-state index in [1.54, 1.807) is 24.0 Å². The Balaban J connectivity index is 1.48. The van der Waals surface area contributed by atoms with E-state index >= 15 is 0 Å². The highest BCUT2D eigenvalue weighted by Gasteiger charge is 2.55. The Kier molecular flexibility index (Phi) is 5.48. The smallest absolute Gasteiger partial charge is 0.321 e. The van der Waals surface area contributed by atoms with Crippen LogP contribution < -0.4 is 5.32 Å². The van der Waals surface area contributed by atoms with Crippen molar-refractivity contribution in [2.45, 2.75) is 48.7 Å². The van der Waals surface area contributed by atoms with Crippen LogP contribution in [0.2, 0.25) is 0 Å². The van der Waals surface area contributed by atoms with Gasteiger partial charge >= 0.3 is 6.03 Å². The number of halogens is 1. The molecular formula is C21H25FN4O3S. The summed E-state index contributed by atoms with van der Waals surface area (Å²) >= 11 is 0. The summed E-state index contributed by atoms with van der Waals surface area (Å²) in [4.78, 5) is 14.3. The van der Waals surface area contributed by atoms with Crippen LogP contribution in [0.1, 0.15) is 37.7 Å². The predicted octanol–water partition coefficient (Wildman–Crippen LogP) is 3.56. The van der Waals surface area contributed by atoms with Gasteiger partial charge in [-0.15, -0.1) is 0 Å². The highest BCUT2D eigenvalue weighted by atomic mass is 32.2. The molecule has 2 fully saturated rings. The minimum absolute atomic E-state index is 0.0496. The van der Waals surface area contributed by atoms with Gasteiger partial charge in [-0.2, -0.15) is 10.2 Å². The van der Waals surface area contributed by atoms with Gasteiger partial charge in [0.25, 0.3) is 0 Å². The van der Waals surface area contributed by atoms with E-state index in [-0.39, 0.29) is 16.8 Å². The normalized spacial score (nSPS) is 19.2. The molecular weight excluding hydrogens is 407 g/mol. The van der Waals surface area contributed by atoms with Crippen LogP contribution in [-0.2, 0) is 9.84 Å². The number of nitrogens with zero attached hydrogens (tertiary/aromatic N) is 3. The van der Waals surface area contributed by atoms with Crippen LogP contribution >= 0.6 is 0 Å². The van der Waals surface area contributed by atoms with Crippen molar-refractivity contribution in [2.75, 3.05) is 18.4 Å². The van der Waals surface area contributed by atoms with Gasteiger partial charge in [-0.05, 0) is 68.4 Å². The zero-order chi connectivity index (χ0) is 21.4. The Morgan fingerprint density at radius 1 is 1.20 bits per heavy atom. The molecule has 4 rings (SSSR count). The number of amides is 2. The van der Waals surface area contributed by atoms with Crippen LogP contribution in [0.25, 0.3) is 0 Å². The fourth-order valence-corrected chi connectivity index (χ4v) is 7.27. The maximum atomic E-state index is 13.9. The Bertz CT molecular complexity index is 1010. The van der Waals surface area contributed by atoms with E-state index in [2.05, 4.69) is 15.5 Å². The van der Waals surface area contributed by atoms with Crippen LogP contribution in [0, 0.1) is 18.7 Å². The number of carbonyl (C=O) groups excluding carboxylic acids is 1. The number of carbonyl (C=O) groups is 1. The van der Waals surface area contributed by atoms with E-state index in [4.69, 9.17) is 0 Å². The second-order valence-electron chi connectivity index (χ2n) is 8.21. The van der Waals surface area contributed by atoms with Gasteiger partial charge in [0, 0.05) is 13.1 Å². The SMILES string of the molecule is Cc1cc(F)cc(S(=O)(=O)C2(C3CCN(C(=O)Nc4ccnnc4)CC3)CCC2)c1. The molecule has 160 valence electrons. The molecule has 2 aromatic rings. The summed E-state index contributed by atoms with van der Waals surface area (Å²) in [5, 5.41) is 10.2. The van der Waals surface area contributed by atoms with Gasteiger partial charge in [0.2, 0.25) is 0 Å². The van der Waals surface area contributed by atoms with Crippen molar-refractivity contribution < 1.29 is 17.6 Å². The highest BCUT2D eigenvalue weighted by molar-refractivity contribution is 7.93. The summed E-state index contributed by atoms with van der Waals surface area (Å²) < 4.78 is 40.1. The number of hydrogen-bond donors (Lipinski definition) is 1. The Morgan fingerprint density at radius 2 is 1.93 bits per heavy atom. The van der Waals surface area contributed by atoms with Crippen molar-refractivity contribution >= 4 is 21.6 Å². The first kappa shape index (κ1) is 20.7. The van der Waals surface area contributed by atoms with Crippen molar-refractivity contribution in [3.63, 3.8) is 0 Å². The molecule has 0 atom stereocenters. The topological polar surface area (TPSA) is 92.3 Å². The molecule has 1 N–H and O–H groups in total. The third-order valence-corrected chi connectivity index (χ3v) is 9.09. The zero-order valence-corrected chi connectivity index (χ0v) is 17.7. The third kappa shape index (κ3) is 3.66. The number of anilines is 1. The lowest BCUT2D eigenvalue weighted by Crippen LogP contribution is -2.55. The predicted molar refractivity (Wildman–Crippen MR) is 110 cm³/mol. The highest BCUT2D eigenvalue weighted by Crippen LogP contribution is 2.51. The van der Waals surface area contributed by atoms with Gasteiger partial charge in [-0.25, -0.2) is 17.6 Å². The molecule has 2 amide bonds. The number of hydrogen-bond acceptors (Lipinski definition) is 5. The van der Waals surface area contributed by atoms with Crippen molar-refractivity contribution in [3.8, 4) is 0 Å². The Labute approximate surface area is 175 Å². The molecule has 1 saturated heterocycles. The monoisotopic (exact) mass is 432 g/mol. The van der Waals surface area contributed by atoms with E-state index in [1.807, 2.05) is 0 Å². The summed E-state index contributed by atoms with van der Waals surface area (Å²) in [6.45, 7) is 2.66. The summed E-state index contributed by atoms with van der Waals surface area (Å²) in [6, 6.07) is 5.46. The second kappa shape index (κ2) is 7.94. The second-order valence-corrected chi connectivity index (χ2v) is 10.5. The minimum Gasteiger partial charge on any atom is -0.325 e. The molecule has 0 unspecified atom stereocenters. The maximum absolute atomic E-state index is 13.9. The third-order valence-electron chi connectivity index (χ3n) is 6.42. The fraction of sp³-hybridized carbons (Fsp3) is 0.476. The maximum Gasteiger partial charge on any atom is 0.321 e. The molecule has 9 heteroatoms. The summed E-state index contributed by atoms with van der Waals surface area (Å²) in [7, 11) is -3.67. The Morgan fingerprint density at radius 3 is 2.50 bits per heavy atom. The lowest BCUT2D eigenvalue weighted by atomic mass is 9.71. The van der Waals surface area contributed by atoms with E-state index in [0.29, 0.717) is 50.0 Å². The number of piperidine rings is 1. The first-order chi connectivity index (χ1) is 14.3. The average Bonchev–Trinajstić information content (AvgIpc) is 2.67. The number of urea groups is 1. The van der Waals surface area contributed by atoms with Gasteiger partial charge in [0.15, 0.2) is 9.84 Å². The number of nitrogens with one attached hydrogen (secondary N) is 1. The van der Waals surface area contributed by atoms with E-state index in [1.165, 1.54) is 18.5 Å². The molecule has 1 aromatic heterocycles. The number of aryl methyl sites for hydroxylation is 1. The molecule has 2 aliphatic rings. The molecule has 30 heavy (non-hydrogen) atoms. The first-order valence-corrected chi connectivity index (χ1v) is 11.6. The molecule has 0 radical (unpaired) electrons. The van der Waals surface area contributed by atoms with Crippen LogP contribution in [0.5, 0.6) is 0 Å². The minimum atomic E-state index is -3.67. The first-order valence-electron chi connectivity index (χ1n) is 10.2. The Hall–Kier alpha value is -2.55. The van der Waals surface area contributed by atoms with E-state index in [9.17, 15) is 17.6 Å². The summed E-state index contributed by atoms with van der Waals surface area (Å²) in [6.07, 6.45) is 6.21. The van der Waals surface area contributed by atoms with Crippen molar-refractivity contribution in [3.05, 3.63) is 48.0 Å². The fourth-order valence-electron chi connectivity index (χ4n) is 4.69. The van der Waals surface area contributed by atoms with Crippen LogP contribution in [0.15, 0.2) is 41.6 Å². The van der Waals surface area contributed by atoms with E-state index in [0.717, 1.165) is 12.5 Å². The molecule has 1 saturated carbocycles. The summed E-state index contributed by atoms with van der Waals surface area (Å²) in [5.74, 6) is -0.577. The van der Waals surface area contributed by atoms with Gasteiger partial charge in [0.1, 0.15) is 5.82 Å². The molecule has 1 aromatic carbocycles. The van der Waals surface area contributed by atoms with Crippen LogP contribution in [-0.4, -0.2) is 47.4 Å². The van der Waals surface area contributed by atoms with E-state index < -0.39 is 20.4 Å². The van der Waals surface area contributed by atoms with Crippen LogP contribution in [0.3, 0.4) is 0 Å². The zero-order valence-electron chi connectivity index (χ0n) is 16.8. The number of rotatable bonds is 4. The van der Waals surface area contributed by atoms with Crippen molar-refractivity contribution in [1.82, 2.24) is 15.1 Å². The molecule has 0 spiro atoms. The largest absolute Gasteiger partial charge is 0.325 e. The van der Waals surface area contributed by atoms with Gasteiger partial charge in [0.05, 0.1) is 27.7 Å². The molecule has 7 nitrogen and oxygen atoms in total. The van der Waals surface area contributed by atoms with Gasteiger partial charge < -0.3 is 10.2 Å². The lowest BCUT2D eigenvalue weighted by molar-refractivity contribution is 0.136. The van der Waals surface area contributed by atoms with Crippen molar-refractivity contribution in [1.29, 1.82) is 0 Å². The molecule has 1 aliphatic carbocycles. The molecule has 2 heterocycles. The lowest BCUT2D eigenvalue weighted by Gasteiger charge is -2.49. The van der Waals surface area contributed by atoms with Crippen LogP contribution in [0.4, 0.5) is 14.9 Å². The van der Waals surface area contributed by atoms with Gasteiger partial charge in [-0.1, -0.05) is 6.42 Å². The van der Waals surface area contributed by atoms with Gasteiger partial charge in [-0.3, -0.25) is 0 Å². The standard InChI is InChI=1S/C21H25FN4O3S/c1-15-11-17(22)13-19(12-15)30(28,29)21(6-2-7-21)16-4-9-26(10-5-16)20(27)25-18-3-8-23-24-14-18/h3,8,11-14,16H,2,4-7,9-10H2,1H3,(H,23,25,27).